The van der Waals surface area contributed by atoms with Gasteiger partial charge in [-0.2, -0.15) is 14.9 Å². The van der Waals surface area contributed by atoms with Crippen LogP contribution < -0.4 is 5.32 Å². The number of fused-ring (bicyclic) bond motifs is 1. The molecule has 3 aromatic rings. The van der Waals surface area contributed by atoms with Crippen LogP contribution in [0.3, 0.4) is 0 Å². The molecule has 0 aliphatic rings. The topological polar surface area (TPSA) is 66.0 Å². The van der Waals surface area contributed by atoms with Crippen LogP contribution in [-0.4, -0.2) is 20.9 Å². The highest BCUT2D eigenvalue weighted by Crippen LogP contribution is 2.28. The maximum absolute atomic E-state index is 9.47. The van der Waals surface area contributed by atoms with Gasteiger partial charge in [0.05, 0.1) is 6.20 Å². The number of benzene rings is 1. The van der Waals surface area contributed by atoms with E-state index in [0.29, 0.717) is 22.1 Å². The monoisotopic (exact) mass is 295 g/mol. The number of anilines is 2. The van der Waals surface area contributed by atoms with Gasteiger partial charge in [-0.25, -0.2) is 4.98 Å². The van der Waals surface area contributed by atoms with Gasteiger partial charge in [-0.05, 0) is 25.3 Å². The molecule has 0 bridgehead atoms. The van der Waals surface area contributed by atoms with Crippen LogP contribution in [0, 0.1) is 18.3 Å². The van der Waals surface area contributed by atoms with Crippen molar-refractivity contribution in [2.75, 3.05) is 11.6 Å². The van der Waals surface area contributed by atoms with Crippen molar-refractivity contribution in [3.63, 3.8) is 0 Å². The summed E-state index contributed by atoms with van der Waals surface area (Å²) in [5, 5.41) is 17.7. The number of hydrogen-bond acceptors (Lipinski definition) is 5. The fourth-order valence-electron chi connectivity index (χ4n) is 2.06. The number of nitrogens with one attached hydrogen (secondary N) is 1. The standard InChI is InChI=1S/C15H13N5S/c1-10-3-5-11(6-4-10)18-14-12(9-16)15(21-2)19-13-7-8-17-20(13)14/h3-8,18H,1-2H3. The molecule has 0 saturated heterocycles. The predicted molar refractivity (Wildman–Crippen MR) is 83.9 cm³/mol. The van der Waals surface area contributed by atoms with E-state index in [2.05, 4.69) is 21.5 Å². The highest BCUT2D eigenvalue weighted by atomic mass is 32.2. The summed E-state index contributed by atoms with van der Waals surface area (Å²) in [5.41, 5.74) is 3.31. The normalized spacial score (nSPS) is 10.5. The third-order valence-electron chi connectivity index (χ3n) is 3.12. The SMILES string of the molecule is CSc1nc2ccnn2c(Nc2ccc(C)cc2)c1C#N. The Bertz CT molecular complexity index is 830. The second-order valence-corrected chi connectivity index (χ2v) is 5.34. The molecule has 0 unspecified atom stereocenters. The molecule has 0 amide bonds. The lowest BCUT2D eigenvalue weighted by atomic mass is 10.2. The highest BCUT2D eigenvalue weighted by molar-refractivity contribution is 7.98. The highest BCUT2D eigenvalue weighted by Gasteiger charge is 2.15. The molecular weight excluding hydrogens is 282 g/mol. The maximum Gasteiger partial charge on any atom is 0.158 e. The number of rotatable bonds is 3. The smallest absolute Gasteiger partial charge is 0.158 e. The van der Waals surface area contributed by atoms with Crippen molar-refractivity contribution in [3.8, 4) is 6.07 Å². The van der Waals surface area contributed by atoms with E-state index >= 15 is 0 Å². The summed E-state index contributed by atoms with van der Waals surface area (Å²) >= 11 is 1.45. The van der Waals surface area contributed by atoms with Gasteiger partial charge in [0.2, 0.25) is 0 Å². The van der Waals surface area contributed by atoms with Crippen LogP contribution in [0.15, 0.2) is 41.6 Å². The Morgan fingerprint density at radius 2 is 2.00 bits per heavy atom. The Morgan fingerprint density at radius 3 is 2.67 bits per heavy atom. The first-order chi connectivity index (χ1) is 10.2. The van der Waals surface area contributed by atoms with Gasteiger partial charge in [0.25, 0.3) is 0 Å². The van der Waals surface area contributed by atoms with E-state index in [-0.39, 0.29) is 0 Å². The third kappa shape index (κ3) is 2.43. The largest absolute Gasteiger partial charge is 0.339 e. The molecule has 0 aliphatic carbocycles. The van der Waals surface area contributed by atoms with Crippen molar-refractivity contribution in [2.45, 2.75) is 11.9 Å². The fraction of sp³-hybridized carbons (Fsp3) is 0.133. The van der Waals surface area contributed by atoms with E-state index in [1.165, 1.54) is 17.3 Å². The van der Waals surface area contributed by atoms with Crippen LogP contribution >= 0.6 is 11.8 Å². The number of nitriles is 1. The molecule has 3 rings (SSSR count). The summed E-state index contributed by atoms with van der Waals surface area (Å²) in [6.07, 6.45) is 3.58. The van der Waals surface area contributed by atoms with E-state index in [9.17, 15) is 5.26 Å². The van der Waals surface area contributed by atoms with Crippen LogP contribution in [0.25, 0.3) is 5.65 Å². The zero-order valence-corrected chi connectivity index (χ0v) is 12.5. The van der Waals surface area contributed by atoms with Gasteiger partial charge in [-0.3, -0.25) is 0 Å². The quantitative estimate of drug-likeness (QED) is 0.592. The van der Waals surface area contributed by atoms with Crippen LogP contribution in [-0.2, 0) is 0 Å². The first-order valence-corrected chi connectivity index (χ1v) is 7.61. The molecule has 0 spiro atoms. The van der Waals surface area contributed by atoms with Crippen LogP contribution in [0.2, 0.25) is 0 Å². The van der Waals surface area contributed by atoms with Gasteiger partial charge in [-0.15, -0.1) is 11.8 Å². The third-order valence-corrected chi connectivity index (χ3v) is 3.80. The lowest BCUT2D eigenvalue weighted by Gasteiger charge is -2.12. The van der Waals surface area contributed by atoms with Crippen LogP contribution in [0.5, 0.6) is 0 Å². The zero-order chi connectivity index (χ0) is 14.8. The summed E-state index contributed by atoms with van der Waals surface area (Å²) in [5.74, 6) is 0.640. The van der Waals surface area contributed by atoms with Gasteiger partial charge in [0, 0.05) is 11.8 Å². The lowest BCUT2D eigenvalue weighted by molar-refractivity contribution is 0.917. The molecule has 5 nitrogen and oxygen atoms in total. The number of thioether (sulfide) groups is 1. The van der Waals surface area contributed by atoms with Gasteiger partial charge in [-0.1, -0.05) is 17.7 Å². The fourth-order valence-corrected chi connectivity index (χ4v) is 2.59. The van der Waals surface area contributed by atoms with Crippen molar-refractivity contribution in [3.05, 3.63) is 47.7 Å². The molecule has 104 valence electrons. The molecule has 0 atom stereocenters. The van der Waals surface area contributed by atoms with E-state index in [0.717, 1.165) is 5.69 Å². The van der Waals surface area contributed by atoms with Crippen molar-refractivity contribution < 1.29 is 0 Å². The molecule has 0 radical (unpaired) electrons. The van der Waals surface area contributed by atoms with E-state index in [1.807, 2.05) is 43.5 Å². The predicted octanol–water partition coefficient (Wildman–Crippen LogP) is 3.37. The first-order valence-electron chi connectivity index (χ1n) is 6.38. The lowest BCUT2D eigenvalue weighted by Crippen LogP contribution is -2.06. The minimum atomic E-state index is 0.499. The molecule has 0 saturated carbocycles. The average Bonchev–Trinajstić information content (AvgIpc) is 2.97. The van der Waals surface area contributed by atoms with Crippen molar-refractivity contribution in [2.24, 2.45) is 0 Å². The molecule has 1 aromatic carbocycles. The summed E-state index contributed by atoms with van der Waals surface area (Å²) in [4.78, 5) is 4.44. The van der Waals surface area contributed by atoms with Crippen molar-refractivity contribution in [1.29, 1.82) is 5.26 Å². The summed E-state index contributed by atoms with van der Waals surface area (Å²) in [6.45, 7) is 2.04. The van der Waals surface area contributed by atoms with Crippen LogP contribution in [0.4, 0.5) is 11.5 Å². The van der Waals surface area contributed by atoms with Gasteiger partial charge >= 0.3 is 0 Å². The van der Waals surface area contributed by atoms with Gasteiger partial charge in [0.1, 0.15) is 16.7 Å². The second kappa shape index (κ2) is 5.46. The summed E-state index contributed by atoms with van der Waals surface area (Å²) in [6, 6.07) is 12.0. The van der Waals surface area contributed by atoms with E-state index < -0.39 is 0 Å². The van der Waals surface area contributed by atoms with E-state index in [1.54, 1.807) is 10.7 Å². The Hall–Kier alpha value is -2.52. The first kappa shape index (κ1) is 13.5. The molecule has 6 heteroatoms. The molecule has 21 heavy (non-hydrogen) atoms. The Morgan fingerprint density at radius 1 is 1.24 bits per heavy atom. The second-order valence-electron chi connectivity index (χ2n) is 4.55. The number of hydrogen-bond donors (Lipinski definition) is 1. The number of nitrogens with zero attached hydrogens (tertiary/aromatic N) is 4. The maximum atomic E-state index is 9.47. The average molecular weight is 295 g/mol. The minimum Gasteiger partial charge on any atom is -0.339 e. The summed E-state index contributed by atoms with van der Waals surface area (Å²) in [7, 11) is 0. The van der Waals surface area contributed by atoms with E-state index in [4.69, 9.17) is 0 Å². The number of aromatic nitrogens is 3. The zero-order valence-electron chi connectivity index (χ0n) is 11.7. The van der Waals surface area contributed by atoms with Gasteiger partial charge in [0.15, 0.2) is 11.5 Å². The molecule has 1 N–H and O–H groups in total. The van der Waals surface area contributed by atoms with Gasteiger partial charge < -0.3 is 5.32 Å². The molecule has 2 aromatic heterocycles. The van der Waals surface area contributed by atoms with Crippen molar-refractivity contribution in [1.82, 2.24) is 14.6 Å². The Balaban J connectivity index is 2.17. The molecule has 2 heterocycles. The Labute approximate surface area is 126 Å². The van der Waals surface area contributed by atoms with Crippen molar-refractivity contribution >= 4 is 28.9 Å². The minimum absolute atomic E-state index is 0.499. The summed E-state index contributed by atoms with van der Waals surface area (Å²) < 4.78 is 1.65. The molecule has 0 fully saturated rings. The number of aryl methyl sites for hydroxylation is 1. The molecule has 0 aliphatic heterocycles. The Kier molecular flexibility index (Phi) is 3.50. The molecular formula is C15H13N5S. The van der Waals surface area contributed by atoms with Crippen LogP contribution in [0.1, 0.15) is 11.1 Å².